The van der Waals surface area contributed by atoms with E-state index in [1.807, 2.05) is 12.1 Å². The van der Waals surface area contributed by atoms with Crippen molar-refractivity contribution in [2.75, 3.05) is 6.61 Å². The van der Waals surface area contributed by atoms with Crippen molar-refractivity contribution in [2.24, 2.45) is 0 Å². The number of hydrogen-bond acceptors (Lipinski definition) is 3. The van der Waals surface area contributed by atoms with Crippen LogP contribution in [0.5, 0.6) is 5.75 Å². The van der Waals surface area contributed by atoms with Crippen molar-refractivity contribution in [2.45, 2.75) is 129 Å². The third kappa shape index (κ3) is 14.2. The summed E-state index contributed by atoms with van der Waals surface area (Å²) < 4.78 is 37.6. The maximum Gasteiger partial charge on any atom is 0.270 e. The van der Waals surface area contributed by atoms with Crippen LogP contribution in [0.2, 0.25) is 0 Å². The number of benzene rings is 1. The van der Waals surface area contributed by atoms with Crippen LogP contribution < -0.4 is 4.74 Å². The fourth-order valence-corrected chi connectivity index (χ4v) is 4.21. The lowest BCUT2D eigenvalue weighted by atomic mass is 9.99. The van der Waals surface area contributed by atoms with Gasteiger partial charge in [-0.3, -0.25) is 4.55 Å². The Kier molecular flexibility index (Phi) is 15.8. The van der Waals surface area contributed by atoms with E-state index in [1.54, 1.807) is 0 Å². The molecular formula is C27H48O4S. The molecule has 0 aliphatic heterocycles. The molecule has 0 saturated heterocycles. The Bertz CT molecular complexity index is 663. The van der Waals surface area contributed by atoms with Crippen molar-refractivity contribution in [3.05, 3.63) is 29.3 Å². The Hall–Kier alpha value is -1.07. The lowest BCUT2D eigenvalue weighted by molar-refractivity contribution is 0.310. The molecule has 32 heavy (non-hydrogen) atoms. The summed E-state index contributed by atoms with van der Waals surface area (Å²) in [4.78, 5) is 0. The van der Waals surface area contributed by atoms with Crippen LogP contribution in [0.4, 0.5) is 0 Å². The number of ether oxygens (including phenoxy) is 1. The number of hydrogen-bond donors (Lipinski definition) is 1. The Morgan fingerprint density at radius 2 is 1.12 bits per heavy atom. The van der Waals surface area contributed by atoms with Gasteiger partial charge < -0.3 is 4.74 Å². The van der Waals surface area contributed by atoms with E-state index in [1.165, 1.54) is 108 Å². The fourth-order valence-electron chi connectivity index (χ4n) is 3.97. The molecule has 0 bridgehead atoms. The van der Waals surface area contributed by atoms with Crippen molar-refractivity contribution in [1.82, 2.24) is 0 Å². The van der Waals surface area contributed by atoms with Crippen LogP contribution in [0, 0.1) is 0 Å². The molecule has 0 saturated carbocycles. The zero-order chi connectivity index (χ0) is 23.7. The third-order valence-corrected chi connectivity index (χ3v) is 7.31. The smallest absolute Gasteiger partial charge is 0.270 e. The Balaban J connectivity index is 2.59. The molecule has 4 nitrogen and oxygen atoms in total. The standard InChI is InChI=1S/C27H48O4S/c1-4-6-8-10-12-14-16-18-25-20-26(19-17-15-13-11-9-7-5-2)22-27(21-25)31-23-24(3)32(28,29)30/h20-22,24H,4-19,23H2,1-3H3,(H,28,29,30). The molecule has 1 aromatic carbocycles. The first kappa shape index (κ1) is 29.0. The van der Waals surface area contributed by atoms with E-state index in [4.69, 9.17) is 4.74 Å². The predicted octanol–water partition coefficient (Wildman–Crippen LogP) is 7.93. The maximum atomic E-state index is 11.3. The molecular weight excluding hydrogens is 420 g/mol. The summed E-state index contributed by atoms with van der Waals surface area (Å²) in [6, 6.07) is 6.39. The van der Waals surface area contributed by atoms with E-state index in [9.17, 15) is 13.0 Å². The lowest BCUT2D eigenvalue weighted by Crippen LogP contribution is -2.24. The van der Waals surface area contributed by atoms with Crippen molar-refractivity contribution in [3.63, 3.8) is 0 Å². The van der Waals surface area contributed by atoms with Crippen molar-refractivity contribution in [3.8, 4) is 5.75 Å². The van der Waals surface area contributed by atoms with Crippen molar-refractivity contribution < 1.29 is 17.7 Å². The summed E-state index contributed by atoms with van der Waals surface area (Å²) in [5.74, 6) is 0.721. The highest BCUT2D eigenvalue weighted by molar-refractivity contribution is 7.86. The summed E-state index contributed by atoms with van der Waals surface area (Å²) in [5.41, 5.74) is 2.54. The highest BCUT2D eigenvalue weighted by Gasteiger charge is 2.18. The van der Waals surface area contributed by atoms with E-state index >= 15 is 0 Å². The van der Waals surface area contributed by atoms with Crippen LogP contribution in [-0.2, 0) is 23.0 Å². The molecule has 0 aliphatic rings. The van der Waals surface area contributed by atoms with E-state index < -0.39 is 15.4 Å². The minimum Gasteiger partial charge on any atom is -0.492 e. The van der Waals surface area contributed by atoms with Crippen LogP contribution in [-0.4, -0.2) is 24.8 Å². The SMILES string of the molecule is CCCCCCCCCc1cc(CCCCCCCCC)cc(OCC(C)S(=O)(=O)O)c1. The number of rotatable bonds is 20. The molecule has 1 unspecified atom stereocenters. The zero-order valence-electron chi connectivity index (χ0n) is 20.9. The first-order chi connectivity index (χ1) is 15.4. The van der Waals surface area contributed by atoms with Crippen LogP contribution in [0.1, 0.15) is 122 Å². The zero-order valence-corrected chi connectivity index (χ0v) is 21.7. The minimum atomic E-state index is -4.07. The van der Waals surface area contributed by atoms with Crippen LogP contribution in [0.25, 0.3) is 0 Å². The fraction of sp³-hybridized carbons (Fsp3) is 0.778. The summed E-state index contributed by atoms with van der Waals surface area (Å²) in [6.07, 6.45) is 20.1. The van der Waals surface area contributed by atoms with Crippen LogP contribution in [0.3, 0.4) is 0 Å². The second-order valence-corrected chi connectivity index (χ2v) is 11.2. The van der Waals surface area contributed by atoms with Crippen molar-refractivity contribution >= 4 is 10.1 Å². The molecule has 5 heteroatoms. The first-order valence-electron chi connectivity index (χ1n) is 13.1. The largest absolute Gasteiger partial charge is 0.492 e. The summed E-state index contributed by atoms with van der Waals surface area (Å²) in [6.45, 7) is 5.93. The summed E-state index contributed by atoms with van der Waals surface area (Å²) >= 11 is 0. The Morgan fingerprint density at radius 3 is 1.53 bits per heavy atom. The van der Waals surface area contributed by atoms with Gasteiger partial charge in [0.1, 0.15) is 17.6 Å². The molecule has 1 atom stereocenters. The molecule has 186 valence electrons. The van der Waals surface area contributed by atoms with E-state index in [0.717, 1.165) is 18.6 Å². The van der Waals surface area contributed by atoms with Gasteiger partial charge in [-0.2, -0.15) is 8.42 Å². The quantitative estimate of drug-likeness (QED) is 0.156. The number of unbranched alkanes of at least 4 members (excludes halogenated alkanes) is 12. The van der Waals surface area contributed by atoms with Gasteiger partial charge in [-0.15, -0.1) is 0 Å². The second kappa shape index (κ2) is 17.4. The monoisotopic (exact) mass is 468 g/mol. The van der Waals surface area contributed by atoms with Gasteiger partial charge in [0.05, 0.1) is 0 Å². The molecule has 1 N–H and O–H groups in total. The molecule has 0 aromatic heterocycles. The van der Waals surface area contributed by atoms with Crippen LogP contribution in [0.15, 0.2) is 18.2 Å². The van der Waals surface area contributed by atoms with Gasteiger partial charge >= 0.3 is 0 Å². The molecule has 0 radical (unpaired) electrons. The van der Waals surface area contributed by atoms with Gasteiger partial charge in [0, 0.05) is 0 Å². The highest BCUT2D eigenvalue weighted by atomic mass is 32.2. The van der Waals surface area contributed by atoms with Gasteiger partial charge in [-0.25, -0.2) is 0 Å². The minimum absolute atomic E-state index is 0.0312. The van der Waals surface area contributed by atoms with Gasteiger partial charge in [0.15, 0.2) is 0 Å². The van der Waals surface area contributed by atoms with Gasteiger partial charge in [0.2, 0.25) is 0 Å². The first-order valence-corrected chi connectivity index (χ1v) is 14.6. The molecule has 0 fully saturated rings. The van der Waals surface area contributed by atoms with E-state index in [0.29, 0.717) is 0 Å². The highest BCUT2D eigenvalue weighted by Crippen LogP contribution is 2.22. The third-order valence-electron chi connectivity index (χ3n) is 6.16. The molecule has 0 amide bonds. The van der Waals surface area contributed by atoms with Crippen molar-refractivity contribution in [1.29, 1.82) is 0 Å². The number of aryl methyl sites for hydroxylation is 2. The van der Waals surface area contributed by atoms with Gasteiger partial charge in [-0.1, -0.05) is 97.0 Å². The lowest BCUT2D eigenvalue weighted by Gasteiger charge is -2.14. The van der Waals surface area contributed by atoms with E-state index in [2.05, 4.69) is 19.9 Å². The maximum absolute atomic E-state index is 11.3. The molecule has 1 aromatic rings. The Labute approximate surface area is 198 Å². The average Bonchev–Trinajstić information content (AvgIpc) is 2.75. The van der Waals surface area contributed by atoms with E-state index in [-0.39, 0.29) is 6.61 Å². The topological polar surface area (TPSA) is 63.6 Å². The molecule has 1 rings (SSSR count). The second-order valence-electron chi connectivity index (χ2n) is 9.36. The normalized spacial score (nSPS) is 12.8. The molecule has 0 aliphatic carbocycles. The van der Waals surface area contributed by atoms with Gasteiger partial charge in [0.25, 0.3) is 10.1 Å². The summed E-state index contributed by atoms with van der Waals surface area (Å²) in [5, 5.41) is -0.930. The Morgan fingerprint density at radius 1 is 0.719 bits per heavy atom. The summed E-state index contributed by atoms with van der Waals surface area (Å²) in [7, 11) is -4.07. The van der Waals surface area contributed by atoms with Gasteiger partial charge in [-0.05, 0) is 55.9 Å². The van der Waals surface area contributed by atoms with Crippen LogP contribution >= 0.6 is 0 Å². The average molecular weight is 469 g/mol. The molecule has 0 spiro atoms. The molecule has 0 heterocycles. The predicted molar refractivity (Wildman–Crippen MR) is 136 cm³/mol.